The second kappa shape index (κ2) is 7.75. The molecular formula is C16H18ClNO4. The third kappa shape index (κ3) is 4.18. The molecule has 1 aromatic heterocycles. The predicted molar refractivity (Wildman–Crippen MR) is 83.8 cm³/mol. The second-order valence-corrected chi connectivity index (χ2v) is 5.07. The molecular weight excluding hydrogens is 306 g/mol. The molecule has 0 unspecified atom stereocenters. The highest BCUT2D eigenvalue weighted by Gasteiger charge is 2.17. The first-order chi connectivity index (χ1) is 10.6. The smallest absolute Gasteiger partial charge is 0.358 e. The molecule has 0 fully saturated rings. The number of halogens is 1. The van der Waals surface area contributed by atoms with Gasteiger partial charge in [0.2, 0.25) is 0 Å². The van der Waals surface area contributed by atoms with Gasteiger partial charge in [-0.05, 0) is 30.3 Å². The molecule has 0 atom stereocenters. The Kier molecular flexibility index (Phi) is 5.72. The lowest BCUT2D eigenvalue weighted by atomic mass is 10.3. The molecule has 0 saturated heterocycles. The number of carbonyl (C=O) groups is 1. The first-order valence-electron chi connectivity index (χ1n) is 6.86. The Morgan fingerprint density at radius 1 is 1.14 bits per heavy atom. The van der Waals surface area contributed by atoms with Crippen LogP contribution in [0.3, 0.4) is 0 Å². The van der Waals surface area contributed by atoms with E-state index in [1.165, 1.54) is 7.11 Å². The van der Waals surface area contributed by atoms with Crippen LogP contribution in [-0.2, 0) is 11.8 Å². The van der Waals surface area contributed by atoms with E-state index in [9.17, 15) is 4.79 Å². The van der Waals surface area contributed by atoms with Gasteiger partial charge in [0.15, 0.2) is 11.4 Å². The molecule has 0 saturated carbocycles. The van der Waals surface area contributed by atoms with Crippen molar-refractivity contribution < 1.29 is 19.0 Å². The largest absolute Gasteiger partial charge is 0.493 e. The van der Waals surface area contributed by atoms with Gasteiger partial charge in [-0.25, -0.2) is 4.79 Å². The van der Waals surface area contributed by atoms with Gasteiger partial charge in [-0.3, -0.25) is 0 Å². The van der Waals surface area contributed by atoms with Crippen molar-refractivity contribution in [1.82, 2.24) is 4.57 Å². The van der Waals surface area contributed by atoms with E-state index in [2.05, 4.69) is 0 Å². The topological polar surface area (TPSA) is 49.7 Å². The zero-order chi connectivity index (χ0) is 15.9. The number of esters is 1. The molecule has 5 nitrogen and oxygen atoms in total. The highest BCUT2D eigenvalue weighted by Crippen LogP contribution is 2.20. The molecule has 1 heterocycles. The van der Waals surface area contributed by atoms with Crippen LogP contribution in [0.15, 0.2) is 36.5 Å². The Morgan fingerprint density at radius 2 is 1.82 bits per heavy atom. The fourth-order valence-electron chi connectivity index (χ4n) is 1.93. The number of nitrogens with zero attached hydrogens (tertiary/aromatic N) is 1. The molecule has 0 bridgehead atoms. The molecule has 0 aliphatic carbocycles. The molecule has 6 heteroatoms. The van der Waals surface area contributed by atoms with Gasteiger partial charge in [0, 0.05) is 24.7 Å². The molecule has 0 radical (unpaired) electrons. The summed E-state index contributed by atoms with van der Waals surface area (Å²) in [6.45, 7) is 0.962. The zero-order valence-corrected chi connectivity index (χ0v) is 13.3. The molecule has 2 rings (SSSR count). The van der Waals surface area contributed by atoms with E-state index in [-0.39, 0.29) is 0 Å². The normalized spacial score (nSPS) is 10.3. The number of carbonyl (C=O) groups excluding carboxylic acids is 1. The third-order valence-electron chi connectivity index (χ3n) is 3.04. The molecule has 0 spiro atoms. The number of aromatic nitrogens is 1. The van der Waals surface area contributed by atoms with Gasteiger partial charge in [0.25, 0.3) is 0 Å². The van der Waals surface area contributed by atoms with Crippen LogP contribution in [0.4, 0.5) is 0 Å². The monoisotopic (exact) mass is 323 g/mol. The van der Waals surface area contributed by atoms with E-state index in [0.29, 0.717) is 36.1 Å². The summed E-state index contributed by atoms with van der Waals surface area (Å²) in [6.07, 6.45) is 2.45. The van der Waals surface area contributed by atoms with Gasteiger partial charge in [-0.15, -0.1) is 0 Å². The average Bonchev–Trinajstić information content (AvgIpc) is 2.89. The van der Waals surface area contributed by atoms with Crippen LogP contribution in [0.1, 0.15) is 16.9 Å². The minimum absolute atomic E-state index is 0.404. The number of aryl methyl sites for hydroxylation is 1. The van der Waals surface area contributed by atoms with Crippen molar-refractivity contribution >= 4 is 17.6 Å². The lowest BCUT2D eigenvalue weighted by Crippen LogP contribution is -2.11. The Morgan fingerprint density at radius 3 is 2.50 bits per heavy atom. The van der Waals surface area contributed by atoms with E-state index in [1.54, 1.807) is 36.0 Å². The summed E-state index contributed by atoms with van der Waals surface area (Å²) in [4.78, 5) is 11.7. The summed E-state index contributed by atoms with van der Waals surface area (Å²) in [5.74, 6) is 0.861. The maximum absolute atomic E-state index is 11.7. The van der Waals surface area contributed by atoms with E-state index in [4.69, 9.17) is 25.8 Å². The maximum Gasteiger partial charge on any atom is 0.358 e. The Hall–Kier alpha value is -2.14. The molecule has 1 aromatic carbocycles. The summed E-state index contributed by atoms with van der Waals surface area (Å²) in [6, 6.07) is 8.93. The van der Waals surface area contributed by atoms with Crippen LogP contribution in [0.2, 0.25) is 5.02 Å². The van der Waals surface area contributed by atoms with Crippen molar-refractivity contribution in [2.45, 2.75) is 6.42 Å². The molecule has 118 valence electrons. The van der Waals surface area contributed by atoms with Crippen molar-refractivity contribution in [3.63, 3.8) is 0 Å². The fourth-order valence-corrected chi connectivity index (χ4v) is 2.05. The molecule has 0 aliphatic heterocycles. The van der Waals surface area contributed by atoms with Gasteiger partial charge in [-0.1, -0.05) is 11.6 Å². The van der Waals surface area contributed by atoms with Crippen LogP contribution in [0, 0.1) is 0 Å². The summed E-state index contributed by atoms with van der Waals surface area (Å²) in [5, 5.41) is 0.676. The number of hydrogen-bond donors (Lipinski definition) is 0. The number of hydrogen-bond acceptors (Lipinski definition) is 4. The quantitative estimate of drug-likeness (QED) is 0.579. The van der Waals surface area contributed by atoms with E-state index in [1.807, 2.05) is 12.1 Å². The highest BCUT2D eigenvalue weighted by atomic mass is 35.5. The lowest BCUT2D eigenvalue weighted by Gasteiger charge is -2.09. The Balaban J connectivity index is 1.77. The van der Waals surface area contributed by atoms with Crippen LogP contribution in [0.5, 0.6) is 11.5 Å². The summed E-state index contributed by atoms with van der Waals surface area (Å²) >= 11 is 5.80. The molecule has 22 heavy (non-hydrogen) atoms. The van der Waals surface area contributed by atoms with Crippen molar-refractivity contribution in [3.05, 3.63) is 47.2 Å². The van der Waals surface area contributed by atoms with Crippen molar-refractivity contribution in [2.24, 2.45) is 7.05 Å². The molecule has 0 amide bonds. The first-order valence-corrected chi connectivity index (χ1v) is 7.24. The van der Waals surface area contributed by atoms with Gasteiger partial charge in [-0.2, -0.15) is 0 Å². The van der Waals surface area contributed by atoms with Crippen LogP contribution < -0.4 is 9.47 Å². The minimum Gasteiger partial charge on any atom is -0.493 e. The Bertz CT molecular complexity index is 622. The van der Waals surface area contributed by atoms with Crippen molar-refractivity contribution in [3.8, 4) is 11.5 Å². The van der Waals surface area contributed by atoms with Crippen molar-refractivity contribution in [1.29, 1.82) is 0 Å². The first kappa shape index (κ1) is 16.2. The van der Waals surface area contributed by atoms with E-state index < -0.39 is 5.97 Å². The standard InChI is InChI=1S/C16H18ClNO4/c1-18-9-8-14(15(18)16(19)20-2)22-11-3-10-21-13-6-4-12(17)5-7-13/h4-9H,3,10-11H2,1-2H3. The maximum atomic E-state index is 11.7. The number of benzene rings is 1. The Labute approximate surface area is 134 Å². The second-order valence-electron chi connectivity index (χ2n) is 4.64. The van der Waals surface area contributed by atoms with Gasteiger partial charge >= 0.3 is 5.97 Å². The predicted octanol–water partition coefficient (Wildman–Crippen LogP) is 3.31. The van der Waals surface area contributed by atoms with Gasteiger partial charge in [0.05, 0.1) is 20.3 Å². The van der Waals surface area contributed by atoms with Crippen LogP contribution >= 0.6 is 11.6 Å². The lowest BCUT2D eigenvalue weighted by molar-refractivity contribution is 0.0584. The average molecular weight is 324 g/mol. The fraction of sp³-hybridized carbons (Fsp3) is 0.312. The zero-order valence-electron chi connectivity index (χ0n) is 12.5. The molecule has 2 aromatic rings. The van der Waals surface area contributed by atoms with Crippen LogP contribution in [-0.4, -0.2) is 30.9 Å². The van der Waals surface area contributed by atoms with Crippen molar-refractivity contribution in [2.75, 3.05) is 20.3 Å². The third-order valence-corrected chi connectivity index (χ3v) is 3.29. The van der Waals surface area contributed by atoms with Crippen LogP contribution in [0.25, 0.3) is 0 Å². The van der Waals surface area contributed by atoms with E-state index in [0.717, 1.165) is 5.75 Å². The number of methoxy groups -OCH3 is 1. The van der Waals surface area contributed by atoms with Gasteiger partial charge < -0.3 is 18.8 Å². The summed E-state index contributed by atoms with van der Waals surface area (Å²) in [5.41, 5.74) is 0.404. The van der Waals surface area contributed by atoms with E-state index >= 15 is 0 Å². The SMILES string of the molecule is COC(=O)c1c(OCCCOc2ccc(Cl)cc2)ccn1C. The number of ether oxygens (including phenoxy) is 3. The van der Waals surface area contributed by atoms with Gasteiger partial charge in [0.1, 0.15) is 5.75 Å². The number of rotatable bonds is 7. The minimum atomic E-state index is -0.417. The molecule has 0 N–H and O–H groups in total. The highest BCUT2D eigenvalue weighted by molar-refractivity contribution is 6.30. The molecule has 0 aliphatic rings. The summed E-state index contributed by atoms with van der Waals surface area (Å²) in [7, 11) is 3.11. The summed E-state index contributed by atoms with van der Waals surface area (Å²) < 4.78 is 17.6.